The van der Waals surface area contributed by atoms with Crippen LogP contribution in [0.15, 0.2) is 47.6 Å². The highest BCUT2D eigenvalue weighted by atomic mass is 19.2. The number of nitrogens with zero attached hydrogens (tertiary/aromatic N) is 2. The molecular formula is C15H9F3N2O. The van der Waals surface area contributed by atoms with Gasteiger partial charge in [0.05, 0.1) is 17.8 Å². The summed E-state index contributed by atoms with van der Waals surface area (Å²) in [5.41, 5.74) is 0.390. The van der Waals surface area contributed by atoms with Crippen molar-refractivity contribution >= 4 is 17.3 Å². The van der Waals surface area contributed by atoms with E-state index >= 15 is 0 Å². The van der Waals surface area contributed by atoms with E-state index < -0.39 is 17.5 Å². The Morgan fingerprint density at radius 3 is 2.33 bits per heavy atom. The first-order valence-electron chi connectivity index (χ1n) is 6.16. The van der Waals surface area contributed by atoms with Crippen molar-refractivity contribution in [1.82, 2.24) is 0 Å². The maximum absolute atomic E-state index is 13.7. The second kappa shape index (κ2) is 5.05. The lowest BCUT2D eigenvalue weighted by Gasteiger charge is -2.10. The number of rotatable bonds is 2. The molecule has 0 spiro atoms. The Morgan fingerprint density at radius 2 is 1.62 bits per heavy atom. The normalized spacial score (nSPS) is 14.5. The zero-order chi connectivity index (χ0) is 15.0. The van der Waals surface area contributed by atoms with Crippen LogP contribution in [0.3, 0.4) is 0 Å². The van der Waals surface area contributed by atoms with Crippen LogP contribution < -0.4 is 5.01 Å². The van der Waals surface area contributed by atoms with Gasteiger partial charge in [0.2, 0.25) is 0 Å². The van der Waals surface area contributed by atoms with Crippen LogP contribution in [0.2, 0.25) is 0 Å². The van der Waals surface area contributed by atoms with Crippen molar-refractivity contribution in [3.05, 3.63) is 65.5 Å². The number of carbonyl (C=O) groups is 1. The van der Waals surface area contributed by atoms with E-state index in [0.717, 1.165) is 5.01 Å². The molecular weight excluding hydrogens is 281 g/mol. The number of amides is 1. The van der Waals surface area contributed by atoms with E-state index in [0.29, 0.717) is 17.8 Å². The molecule has 106 valence electrons. The number of hydrazone groups is 1. The first kappa shape index (κ1) is 13.4. The summed E-state index contributed by atoms with van der Waals surface area (Å²) < 4.78 is 39.9. The van der Waals surface area contributed by atoms with Crippen LogP contribution in [0.25, 0.3) is 0 Å². The minimum Gasteiger partial charge on any atom is -0.272 e. The number of para-hydroxylation sites is 1. The lowest BCUT2D eigenvalue weighted by Crippen LogP contribution is -2.19. The molecule has 6 heteroatoms. The second-order valence-electron chi connectivity index (χ2n) is 4.51. The molecule has 0 fully saturated rings. The van der Waals surface area contributed by atoms with Crippen molar-refractivity contribution in [2.75, 3.05) is 5.01 Å². The first-order valence-corrected chi connectivity index (χ1v) is 6.16. The summed E-state index contributed by atoms with van der Waals surface area (Å²) in [6.45, 7) is 0. The zero-order valence-corrected chi connectivity index (χ0v) is 10.7. The van der Waals surface area contributed by atoms with Crippen LogP contribution in [0.4, 0.5) is 18.9 Å². The summed E-state index contributed by atoms with van der Waals surface area (Å²) >= 11 is 0. The van der Waals surface area contributed by atoms with Crippen LogP contribution in [-0.2, 0) is 4.79 Å². The highest BCUT2D eigenvalue weighted by Gasteiger charge is 2.28. The highest BCUT2D eigenvalue weighted by Crippen LogP contribution is 2.24. The van der Waals surface area contributed by atoms with Gasteiger partial charge in [-0.3, -0.25) is 4.79 Å². The quantitative estimate of drug-likeness (QED) is 0.781. The Morgan fingerprint density at radius 1 is 0.952 bits per heavy atom. The van der Waals surface area contributed by atoms with Crippen LogP contribution >= 0.6 is 0 Å². The molecule has 3 nitrogen and oxygen atoms in total. The molecule has 0 bridgehead atoms. The molecule has 0 saturated carbocycles. The molecule has 21 heavy (non-hydrogen) atoms. The third kappa shape index (κ3) is 2.40. The first-order chi connectivity index (χ1) is 10.1. The smallest absolute Gasteiger partial charge is 0.253 e. The lowest BCUT2D eigenvalue weighted by molar-refractivity contribution is -0.116. The molecule has 0 radical (unpaired) electrons. The molecule has 0 aromatic heterocycles. The van der Waals surface area contributed by atoms with Gasteiger partial charge in [0.25, 0.3) is 5.91 Å². The number of benzene rings is 2. The van der Waals surface area contributed by atoms with E-state index in [1.807, 2.05) is 0 Å². The van der Waals surface area contributed by atoms with Crippen molar-refractivity contribution in [1.29, 1.82) is 0 Å². The molecule has 1 aliphatic rings. The zero-order valence-electron chi connectivity index (χ0n) is 10.7. The standard InChI is InChI=1S/C15H9F3N2O/c16-11-7-13(18)12(17)6-10(11)14-8-15(21)20(19-14)9-4-2-1-3-5-9/h1-7H,8H2. The van der Waals surface area contributed by atoms with E-state index in [1.165, 1.54) is 0 Å². The van der Waals surface area contributed by atoms with E-state index in [-0.39, 0.29) is 23.6 Å². The van der Waals surface area contributed by atoms with E-state index in [4.69, 9.17) is 0 Å². The van der Waals surface area contributed by atoms with Gasteiger partial charge in [0, 0.05) is 11.6 Å². The highest BCUT2D eigenvalue weighted by molar-refractivity contribution is 6.19. The summed E-state index contributed by atoms with van der Waals surface area (Å²) in [7, 11) is 0. The third-order valence-corrected chi connectivity index (χ3v) is 3.10. The van der Waals surface area contributed by atoms with Gasteiger partial charge in [-0.05, 0) is 18.2 Å². The summed E-state index contributed by atoms with van der Waals surface area (Å²) in [6.07, 6.45) is -0.170. The Balaban J connectivity index is 2.01. The number of hydrogen-bond acceptors (Lipinski definition) is 2. The van der Waals surface area contributed by atoms with E-state index in [9.17, 15) is 18.0 Å². The molecule has 0 aliphatic carbocycles. The molecule has 1 amide bonds. The number of anilines is 1. The molecule has 0 saturated heterocycles. The van der Waals surface area contributed by atoms with Crippen LogP contribution in [-0.4, -0.2) is 11.6 Å². The third-order valence-electron chi connectivity index (χ3n) is 3.10. The Kier molecular flexibility index (Phi) is 3.21. The van der Waals surface area contributed by atoms with Crippen LogP contribution in [0, 0.1) is 17.5 Å². The summed E-state index contributed by atoms with van der Waals surface area (Å²) in [6, 6.07) is 9.75. The maximum Gasteiger partial charge on any atom is 0.253 e. The maximum atomic E-state index is 13.7. The largest absolute Gasteiger partial charge is 0.272 e. The fraction of sp³-hybridized carbons (Fsp3) is 0.0667. The minimum absolute atomic E-state index is 0.0697. The Labute approximate surface area is 118 Å². The Bertz CT molecular complexity index is 744. The Hall–Kier alpha value is -2.63. The van der Waals surface area contributed by atoms with Crippen molar-refractivity contribution in [3.8, 4) is 0 Å². The SMILES string of the molecule is O=C1CC(c2cc(F)c(F)cc2F)=NN1c1ccccc1. The summed E-state index contributed by atoms with van der Waals surface area (Å²) in [5, 5.41) is 5.13. The molecule has 2 aromatic rings. The topological polar surface area (TPSA) is 32.7 Å². The van der Waals surface area contributed by atoms with Crippen molar-refractivity contribution in [3.63, 3.8) is 0 Å². The number of halogens is 3. The predicted molar refractivity (Wildman–Crippen MR) is 71.4 cm³/mol. The van der Waals surface area contributed by atoms with Gasteiger partial charge in [-0.25, -0.2) is 18.2 Å². The van der Waals surface area contributed by atoms with Gasteiger partial charge in [0.15, 0.2) is 11.6 Å². The van der Waals surface area contributed by atoms with Crippen LogP contribution in [0.5, 0.6) is 0 Å². The monoisotopic (exact) mass is 290 g/mol. The van der Waals surface area contributed by atoms with Crippen molar-refractivity contribution in [2.45, 2.75) is 6.42 Å². The van der Waals surface area contributed by atoms with Gasteiger partial charge in [-0.1, -0.05) is 18.2 Å². The fourth-order valence-electron chi connectivity index (χ4n) is 2.09. The van der Waals surface area contributed by atoms with Gasteiger partial charge >= 0.3 is 0 Å². The minimum atomic E-state index is -1.28. The predicted octanol–water partition coefficient (Wildman–Crippen LogP) is 3.24. The summed E-state index contributed by atoms with van der Waals surface area (Å²) in [4.78, 5) is 11.9. The lowest BCUT2D eigenvalue weighted by atomic mass is 10.1. The molecule has 0 unspecified atom stereocenters. The molecule has 0 N–H and O–H groups in total. The fourth-order valence-corrected chi connectivity index (χ4v) is 2.09. The number of hydrogen-bond donors (Lipinski definition) is 0. The van der Waals surface area contributed by atoms with E-state index in [2.05, 4.69) is 5.10 Å². The van der Waals surface area contributed by atoms with Crippen LogP contribution in [0.1, 0.15) is 12.0 Å². The van der Waals surface area contributed by atoms with Crippen molar-refractivity contribution in [2.24, 2.45) is 5.10 Å². The van der Waals surface area contributed by atoms with Gasteiger partial charge in [-0.2, -0.15) is 5.10 Å². The average Bonchev–Trinajstić information content (AvgIpc) is 2.85. The number of carbonyl (C=O) groups excluding carboxylic acids is 1. The van der Waals surface area contributed by atoms with Crippen molar-refractivity contribution < 1.29 is 18.0 Å². The summed E-state index contributed by atoms with van der Waals surface area (Å²) in [5.74, 6) is -3.77. The molecule has 1 aliphatic heterocycles. The molecule has 0 atom stereocenters. The average molecular weight is 290 g/mol. The molecule has 2 aromatic carbocycles. The van der Waals surface area contributed by atoms with E-state index in [1.54, 1.807) is 30.3 Å². The van der Waals surface area contributed by atoms with Gasteiger partial charge in [0.1, 0.15) is 5.82 Å². The van der Waals surface area contributed by atoms with Gasteiger partial charge in [-0.15, -0.1) is 0 Å². The molecule has 3 rings (SSSR count). The second-order valence-corrected chi connectivity index (χ2v) is 4.51. The van der Waals surface area contributed by atoms with Gasteiger partial charge < -0.3 is 0 Å². The molecule has 1 heterocycles.